The molecule has 2 rings (SSSR count). The van der Waals surface area contributed by atoms with Crippen LogP contribution in [0.4, 0.5) is 0 Å². The highest BCUT2D eigenvalue weighted by atomic mass is 35.5. The summed E-state index contributed by atoms with van der Waals surface area (Å²) in [6.07, 6.45) is 4.19. The normalized spacial score (nSPS) is 19.0. The van der Waals surface area contributed by atoms with Crippen molar-refractivity contribution in [2.75, 3.05) is 19.6 Å². The lowest BCUT2D eigenvalue weighted by Gasteiger charge is -2.22. The van der Waals surface area contributed by atoms with Crippen LogP contribution in [0.3, 0.4) is 0 Å². The quantitative estimate of drug-likeness (QED) is 0.872. The Morgan fingerprint density at radius 2 is 2.44 bits per heavy atom. The molecule has 1 aromatic rings. The molecule has 1 saturated heterocycles. The molecule has 1 atom stereocenters. The summed E-state index contributed by atoms with van der Waals surface area (Å²) < 4.78 is 0. The standard InChI is InChI=1S/C13H20N2OS.ClH/c16-13(8-12-4-7-17-10-12)15-6-3-11-2-1-5-14-9-11;/h4,7,10-11,14H,1-3,5-6,8-9H2,(H,15,16);1H. The molecule has 18 heavy (non-hydrogen) atoms. The van der Waals surface area contributed by atoms with Crippen LogP contribution in [-0.2, 0) is 11.2 Å². The third kappa shape index (κ3) is 5.38. The molecule has 0 bridgehead atoms. The molecule has 2 heterocycles. The van der Waals surface area contributed by atoms with Crippen LogP contribution in [0.5, 0.6) is 0 Å². The van der Waals surface area contributed by atoms with Crippen LogP contribution in [0.2, 0.25) is 0 Å². The summed E-state index contributed by atoms with van der Waals surface area (Å²) in [6, 6.07) is 2.01. The highest BCUT2D eigenvalue weighted by Gasteiger charge is 2.12. The molecule has 1 aromatic heterocycles. The van der Waals surface area contributed by atoms with Gasteiger partial charge in [-0.2, -0.15) is 11.3 Å². The Labute approximate surface area is 119 Å². The number of piperidine rings is 1. The molecule has 0 aliphatic carbocycles. The number of thiophene rings is 1. The molecule has 1 aliphatic heterocycles. The number of rotatable bonds is 5. The molecule has 1 unspecified atom stereocenters. The van der Waals surface area contributed by atoms with Gasteiger partial charge < -0.3 is 10.6 Å². The van der Waals surface area contributed by atoms with Gasteiger partial charge in [0.25, 0.3) is 0 Å². The molecule has 5 heteroatoms. The highest BCUT2D eigenvalue weighted by molar-refractivity contribution is 7.07. The first-order valence-electron chi connectivity index (χ1n) is 6.33. The van der Waals surface area contributed by atoms with Crippen LogP contribution in [0.25, 0.3) is 0 Å². The average molecular weight is 289 g/mol. The van der Waals surface area contributed by atoms with Gasteiger partial charge in [0, 0.05) is 6.54 Å². The molecule has 0 saturated carbocycles. The molecule has 0 radical (unpaired) electrons. The predicted octanol–water partition coefficient (Wildman–Crippen LogP) is 2.22. The Morgan fingerprint density at radius 3 is 3.11 bits per heavy atom. The smallest absolute Gasteiger partial charge is 0.224 e. The summed E-state index contributed by atoms with van der Waals surface area (Å²) >= 11 is 1.64. The molecular formula is C13H21ClN2OS. The highest BCUT2D eigenvalue weighted by Crippen LogP contribution is 2.13. The van der Waals surface area contributed by atoms with Gasteiger partial charge >= 0.3 is 0 Å². The summed E-state index contributed by atoms with van der Waals surface area (Å²) in [4.78, 5) is 11.6. The molecule has 2 N–H and O–H groups in total. The van der Waals surface area contributed by atoms with Gasteiger partial charge in [0.2, 0.25) is 5.91 Å². The maximum absolute atomic E-state index is 11.6. The fourth-order valence-electron chi connectivity index (χ4n) is 2.23. The van der Waals surface area contributed by atoms with Gasteiger partial charge in [-0.3, -0.25) is 4.79 Å². The van der Waals surface area contributed by atoms with E-state index >= 15 is 0 Å². The van der Waals surface area contributed by atoms with Crippen molar-refractivity contribution in [1.82, 2.24) is 10.6 Å². The monoisotopic (exact) mass is 288 g/mol. The fourth-order valence-corrected chi connectivity index (χ4v) is 2.90. The van der Waals surface area contributed by atoms with E-state index in [0.29, 0.717) is 6.42 Å². The molecule has 1 amide bonds. The minimum Gasteiger partial charge on any atom is -0.356 e. The molecule has 102 valence electrons. The molecular weight excluding hydrogens is 268 g/mol. The summed E-state index contributed by atoms with van der Waals surface area (Å²) in [5, 5.41) is 10.4. The summed E-state index contributed by atoms with van der Waals surface area (Å²) in [6.45, 7) is 3.08. The van der Waals surface area contributed by atoms with Crippen molar-refractivity contribution in [3.8, 4) is 0 Å². The Bertz CT molecular complexity index is 337. The third-order valence-corrected chi connectivity index (χ3v) is 3.95. The number of carbonyl (C=O) groups excluding carboxylic acids is 1. The summed E-state index contributed by atoms with van der Waals surface area (Å²) in [5.41, 5.74) is 1.12. The number of halogens is 1. The van der Waals surface area contributed by atoms with E-state index in [1.165, 1.54) is 12.8 Å². The molecule has 1 fully saturated rings. The van der Waals surface area contributed by atoms with Crippen molar-refractivity contribution in [1.29, 1.82) is 0 Å². The van der Waals surface area contributed by atoms with Crippen LogP contribution >= 0.6 is 23.7 Å². The Morgan fingerprint density at radius 1 is 1.56 bits per heavy atom. The van der Waals surface area contributed by atoms with E-state index in [9.17, 15) is 4.79 Å². The van der Waals surface area contributed by atoms with Gasteiger partial charge in [-0.1, -0.05) is 0 Å². The van der Waals surface area contributed by atoms with Crippen LogP contribution in [0.15, 0.2) is 16.8 Å². The Hall–Kier alpha value is -0.580. The van der Waals surface area contributed by atoms with Crippen molar-refractivity contribution in [2.45, 2.75) is 25.7 Å². The van der Waals surface area contributed by atoms with E-state index in [2.05, 4.69) is 10.6 Å². The topological polar surface area (TPSA) is 41.1 Å². The second-order valence-electron chi connectivity index (χ2n) is 4.66. The van der Waals surface area contributed by atoms with Gasteiger partial charge in [0.15, 0.2) is 0 Å². The first kappa shape index (κ1) is 15.5. The van der Waals surface area contributed by atoms with E-state index in [4.69, 9.17) is 0 Å². The number of nitrogens with one attached hydrogen (secondary N) is 2. The minimum atomic E-state index is 0. The molecule has 3 nitrogen and oxygen atoms in total. The van der Waals surface area contributed by atoms with Crippen LogP contribution < -0.4 is 10.6 Å². The van der Waals surface area contributed by atoms with Crippen LogP contribution in [0.1, 0.15) is 24.8 Å². The van der Waals surface area contributed by atoms with Crippen molar-refractivity contribution in [2.24, 2.45) is 5.92 Å². The van der Waals surface area contributed by atoms with Crippen LogP contribution in [0, 0.1) is 5.92 Å². The van der Waals surface area contributed by atoms with E-state index < -0.39 is 0 Å². The summed E-state index contributed by atoms with van der Waals surface area (Å²) in [5.74, 6) is 0.886. The molecule has 0 spiro atoms. The van der Waals surface area contributed by atoms with Gasteiger partial charge in [-0.25, -0.2) is 0 Å². The van der Waals surface area contributed by atoms with Crippen molar-refractivity contribution in [3.63, 3.8) is 0 Å². The van der Waals surface area contributed by atoms with E-state index in [-0.39, 0.29) is 18.3 Å². The molecule has 0 aromatic carbocycles. The van der Waals surface area contributed by atoms with E-state index in [1.54, 1.807) is 11.3 Å². The van der Waals surface area contributed by atoms with Crippen molar-refractivity contribution in [3.05, 3.63) is 22.4 Å². The zero-order valence-electron chi connectivity index (χ0n) is 10.5. The number of amides is 1. The third-order valence-electron chi connectivity index (χ3n) is 3.22. The molecule has 1 aliphatic rings. The predicted molar refractivity (Wildman–Crippen MR) is 78.5 cm³/mol. The second kappa shape index (κ2) is 8.51. The number of carbonyl (C=O) groups is 1. The lowest BCUT2D eigenvalue weighted by atomic mass is 9.96. The Kier molecular flexibility index (Phi) is 7.32. The number of hydrogen-bond donors (Lipinski definition) is 2. The lowest BCUT2D eigenvalue weighted by molar-refractivity contribution is -0.120. The maximum atomic E-state index is 11.6. The average Bonchev–Trinajstić information content (AvgIpc) is 2.83. The van der Waals surface area contributed by atoms with Gasteiger partial charge in [0.05, 0.1) is 6.42 Å². The first-order chi connectivity index (χ1) is 8.34. The van der Waals surface area contributed by atoms with Gasteiger partial charge in [0.1, 0.15) is 0 Å². The van der Waals surface area contributed by atoms with Crippen LogP contribution in [-0.4, -0.2) is 25.5 Å². The Balaban J connectivity index is 0.00000162. The minimum absolute atomic E-state index is 0. The van der Waals surface area contributed by atoms with E-state index in [1.807, 2.05) is 16.8 Å². The second-order valence-corrected chi connectivity index (χ2v) is 5.44. The SMILES string of the molecule is Cl.O=C(Cc1ccsc1)NCCC1CCCNC1. The van der Waals surface area contributed by atoms with Gasteiger partial charge in [-0.05, 0) is 60.7 Å². The van der Waals surface area contributed by atoms with Crippen molar-refractivity contribution < 1.29 is 4.79 Å². The van der Waals surface area contributed by atoms with E-state index in [0.717, 1.165) is 37.5 Å². The zero-order chi connectivity index (χ0) is 11.9. The largest absolute Gasteiger partial charge is 0.356 e. The zero-order valence-corrected chi connectivity index (χ0v) is 12.1. The fraction of sp³-hybridized carbons (Fsp3) is 0.615. The van der Waals surface area contributed by atoms with Crippen molar-refractivity contribution >= 4 is 29.7 Å². The summed E-state index contributed by atoms with van der Waals surface area (Å²) in [7, 11) is 0. The van der Waals surface area contributed by atoms with Gasteiger partial charge in [-0.15, -0.1) is 12.4 Å². The first-order valence-corrected chi connectivity index (χ1v) is 7.27. The lowest BCUT2D eigenvalue weighted by Crippen LogP contribution is -2.33. The maximum Gasteiger partial charge on any atom is 0.224 e. The number of hydrogen-bond acceptors (Lipinski definition) is 3.